The molecule has 1 unspecified atom stereocenters. The van der Waals surface area contributed by atoms with Gasteiger partial charge >= 0.3 is 0 Å². The molecule has 0 bridgehead atoms. The number of para-hydroxylation sites is 2. The summed E-state index contributed by atoms with van der Waals surface area (Å²) in [5, 5.41) is 1.64. The van der Waals surface area contributed by atoms with Crippen molar-refractivity contribution in [2.75, 3.05) is 32.8 Å². The van der Waals surface area contributed by atoms with Crippen molar-refractivity contribution in [2.24, 2.45) is 0 Å². The summed E-state index contributed by atoms with van der Waals surface area (Å²) in [6.07, 6.45) is -0.593. The van der Waals surface area contributed by atoms with Gasteiger partial charge in [0.1, 0.15) is 11.8 Å². The van der Waals surface area contributed by atoms with Crippen molar-refractivity contribution < 1.29 is 14.3 Å². The van der Waals surface area contributed by atoms with E-state index in [0.717, 1.165) is 29.6 Å². The fourth-order valence-electron chi connectivity index (χ4n) is 4.12. The van der Waals surface area contributed by atoms with Gasteiger partial charge in [0.2, 0.25) is 6.10 Å². The fourth-order valence-corrected chi connectivity index (χ4v) is 4.33. The van der Waals surface area contributed by atoms with Gasteiger partial charge < -0.3 is 14.4 Å². The lowest BCUT2D eigenvalue weighted by molar-refractivity contribution is -0.143. The summed E-state index contributed by atoms with van der Waals surface area (Å²) in [6.45, 7) is 5.86. The molecule has 0 saturated carbocycles. The normalized spacial score (nSPS) is 18.9. The molecule has 3 aromatic rings. The van der Waals surface area contributed by atoms with E-state index in [4.69, 9.17) is 21.1 Å². The van der Waals surface area contributed by atoms with Gasteiger partial charge in [0.25, 0.3) is 5.91 Å². The first-order chi connectivity index (χ1) is 15.1. The van der Waals surface area contributed by atoms with Gasteiger partial charge in [-0.1, -0.05) is 35.9 Å². The second kappa shape index (κ2) is 8.36. The molecule has 6 nitrogen and oxygen atoms in total. The number of aryl methyl sites for hydroxylation is 1. The Morgan fingerprint density at radius 3 is 2.68 bits per heavy atom. The number of fused-ring (bicyclic) bond motifs is 2. The molecule has 7 heteroatoms. The molecule has 1 fully saturated rings. The van der Waals surface area contributed by atoms with Crippen LogP contribution in [-0.2, 0) is 11.3 Å². The molecule has 160 valence electrons. The second-order valence-corrected chi connectivity index (χ2v) is 8.46. The maximum atomic E-state index is 12.9. The van der Waals surface area contributed by atoms with E-state index < -0.39 is 6.10 Å². The monoisotopic (exact) mass is 437 g/mol. The van der Waals surface area contributed by atoms with Crippen LogP contribution in [0.4, 0.5) is 0 Å². The maximum absolute atomic E-state index is 12.9. The third-order valence-corrected chi connectivity index (χ3v) is 6.19. The Hall–Kier alpha value is -2.83. The van der Waals surface area contributed by atoms with Gasteiger partial charge in [-0.25, -0.2) is 4.98 Å². The molecule has 0 spiro atoms. The average molecular weight is 438 g/mol. The molecular formula is C24H24ClN3O3. The number of hydrogen-bond acceptors (Lipinski definition) is 5. The van der Waals surface area contributed by atoms with Gasteiger partial charge in [-0.2, -0.15) is 0 Å². The standard InChI is InChI=1S/C24H24ClN3O3/c1-16-6-7-17-13-18(23(25)26-19(17)12-16)14-27-8-10-28(11-9-27)24(29)22-15-30-20-4-2-3-5-21(20)31-22/h2-7,12-13,22H,8-11,14-15H2,1H3. The highest BCUT2D eigenvalue weighted by molar-refractivity contribution is 6.30. The second-order valence-electron chi connectivity index (χ2n) is 8.10. The fraction of sp³-hybridized carbons (Fsp3) is 0.333. The van der Waals surface area contributed by atoms with E-state index in [1.54, 1.807) is 0 Å². The van der Waals surface area contributed by atoms with E-state index in [9.17, 15) is 4.79 Å². The van der Waals surface area contributed by atoms with Crippen LogP contribution in [-0.4, -0.2) is 59.6 Å². The third-order valence-electron chi connectivity index (χ3n) is 5.86. The number of benzene rings is 2. The minimum atomic E-state index is -0.593. The zero-order valence-corrected chi connectivity index (χ0v) is 18.1. The molecule has 2 aliphatic rings. The lowest BCUT2D eigenvalue weighted by Crippen LogP contribution is -2.53. The van der Waals surface area contributed by atoms with Crippen LogP contribution in [0, 0.1) is 6.92 Å². The minimum absolute atomic E-state index is 0.0186. The van der Waals surface area contributed by atoms with Crippen molar-refractivity contribution in [1.29, 1.82) is 0 Å². The predicted molar refractivity (Wildman–Crippen MR) is 120 cm³/mol. The smallest absolute Gasteiger partial charge is 0.267 e. The number of hydrogen-bond donors (Lipinski definition) is 0. The molecule has 1 aromatic heterocycles. The van der Waals surface area contributed by atoms with Crippen molar-refractivity contribution in [3.8, 4) is 11.5 Å². The van der Waals surface area contributed by atoms with Crippen LogP contribution in [0.1, 0.15) is 11.1 Å². The zero-order valence-electron chi connectivity index (χ0n) is 17.4. The van der Waals surface area contributed by atoms with Crippen molar-refractivity contribution in [1.82, 2.24) is 14.8 Å². The molecular weight excluding hydrogens is 414 g/mol. The summed E-state index contributed by atoms with van der Waals surface area (Å²) in [4.78, 5) is 21.7. The lowest BCUT2D eigenvalue weighted by atomic mass is 10.1. The first-order valence-electron chi connectivity index (χ1n) is 10.5. The van der Waals surface area contributed by atoms with Crippen LogP contribution < -0.4 is 9.47 Å². The highest BCUT2D eigenvalue weighted by atomic mass is 35.5. The van der Waals surface area contributed by atoms with Crippen molar-refractivity contribution in [2.45, 2.75) is 19.6 Å². The Morgan fingerprint density at radius 1 is 1.10 bits per heavy atom. The Balaban J connectivity index is 1.20. The van der Waals surface area contributed by atoms with Gasteiger partial charge in [-0.15, -0.1) is 0 Å². The van der Waals surface area contributed by atoms with Gasteiger partial charge in [-0.3, -0.25) is 9.69 Å². The number of pyridine rings is 1. The Kier molecular flexibility index (Phi) is 5.42. The van der Waals surface area contributed by atoms with Crippen LogP contribution in [0.15, 0.2) is 48.5 Å². The number of amides is 1. The number of piperazine rings is 1. The molecule has 1 amide bonds. The largest absolute Gasteiger partial charge is 0.485 e. The van der Waals surface area contributed by atoms with Crippen LogP contribution in [0.3, 0.4) is 0 Å². The van der Waals surface area contributed by atoms with Crippen LogP contribution >= 0.6 is 11.6 Å². The molecule has 1 saturated heterocycles. The molecule has 5 rings (SSSR count). The quantitative estimate of drug-likeness (QED) is 0.585. The predicted octanol–water partition coefficient (Wildman–Crippen LogP) is 3.68. The highest BCUT2D eigenvalue weighted by Gasteiger charge is 2.32. The van der Waals surface area contributed by atoms with Crippen LogP contribution in [0.25, 0.3) is 10.9 Å². The van der Waals surface area contributed by atoms with E-state index in [1.807, 2.05) is 42.2 Å². The lowest BCUT2D eigenvalue weighted by Gasteiger charge is -2.37. The zero-order chi connectivity index (χ0) is 21.4. The van der Waals surface area contributed by atoms with E-state index in [1.165, 1.54) is 5.56 Å². The first-order valence-corrected chi connectivity index (χ1v) is 10.9. The van der Waals surface area contributed by atoms with Gasteiger partial charge in [0, 0.05) is 43.7 Å². The van der Waals surface area contributed by atoms with Crippen molar-refractivity contribution >= 4 is 28.4 Å². The summed E-state index contributed by atoms with van der Waals surface area (Å²) in [7, 11) is 0. The molecule has 2 aromatic carbocycles. The van der Waals surface area contributed by atoms with Crippen LogP contribution in [0.2, 0.25) is 5.15 Å². The maximum Gasteiger partial charge on any atom is 0.267 e. The SMILES string of the molecule is Cc1ccc2cc(CN3CCN(C(=O)C4COc5ccccc5O4)CC3)c(Cl)nc2c1. The number of ether oxygens (including phenoxy) is 2. The summed E-state index contributed by atoms with van der Waals surface area (Å²) >= 11 is 6.46. The van der Waals surface area contributed by atoms with Crippen LogP contribution in [0.5, 0.6) is 11.5 Å². The summed E-state index contributed by atoms with van der Waals surface area (Å²) in [5.74, 6) is 1.29. The number of halogens is 1. The molecule has 0 N–H and O–H groups in total. The summed E-state index contributed by atoms with van der Waals surface area (Å²) in [5.41, 5.74) is 3.10. The Bertz CT molecular complexity index is 1130. The third kappa shape index (κ3) is 4.18. The van der Waals surface area contributed by atoms with Gasteiger partial charge in [-0.05, 0) is 36.8 Å². The number of carbonyl (C=O) groups is 1. The summed E-state index contributed by atoms with van der Waals surface area (Å²) in [6, 6.07) is 15.8. The average Bonchev–Trinajstić information content (AvgIpc) is 2.79. The van der Waals surface area contributed by atoms with Crippen molar-refractivity contribution in [3.05, 3.63) is 64.8 Å². The molecule has 2 aliphatic heterocycles. The van der Waals surface area contributed by atoms with Gasteiger partial charge in [0.05, 0.1) is 5.52 Å². The van der Waals surface area contributed by atoms with E-state index >= 15 is 0 Å². The minimum Gasteiger partial charge on any atom is -0.485 e. The Morgan fingerprint density at radius 2 is 1.87 bits per heavy atom. The van der Waals surface area contributed by atoms with Crippen molar-refractivity contribution in [3.63, 3.8) is 0 Å². The molecule has 0 aliphatic carbocycles. The number of nitrogens with zero attached hydrogens (tertiary/aromatic N) is 3. The molecule has 1 atom stereocenters. The number of rotatable bonds is 3. The molecule has 31 heavy (non-hydrogen) atoms. The van der Waals surface area contributed by atoms with E-state index in [-0.39, 0.29) is 12.5 Å². The molecule has 3 heterocycles. The summed E-state index contributed by atoms with van der Waals surface area (Å²) < 4.78 is 11.6. The van der Waals surface area contributed by atoms with E-state index in [0.29, 0.717) is 36.3 Å². The molecule has 0 radical (unpaired) electrons. The number of carbonyl (C=O) groups excluding carboxylic acids is 1. The Labute approximate surface area is 186 Å². The first kappa shape index (κ1) is 20.1. The highest BCUT2D eigenvalue weighted by Crippen LogP contribution is 2.31. The van der Waals surface area contributed by atoms with Gasteiger partial charge in [0.15, 0.2) is 11.5 Å². The number of aromatic nitrogens is 1. The van der Waals surface area contributed by atoms with E-state index in [2.05, 4.69) is 28.1 Å². The topological polar surface area (TPSA) is 54.9 Å².